The molecule has 32 heavy (non-hydrogen) atoms. The topological polar surface area (TPSA) is 123 Å². The van der Waals surface area contributed by atoms with Gasteiger partial charge < -0.3 is 9.64 Å². The van der Waals surface area contributed by atoms with Gasteiger partial charge in [-0.05, 0) is 62.1 Å². The Balaban J connectivity index is 1.29. The molecule has 0 saturated carbocycles. The minimum Gasteiger partial charge on any atom is -0.490 e. The Morgan fingerprint density at radius 2 is 1.38 bits per heavy atom. The number of aromatic nitrogens is 1. The normalized spacial score (nSPS) is 20.3. The van der Waals surface area contributed by atoms with Crippen LogP contribution in [-0.4, -0.2) is 69.3 Å². The van der Waals surface area contributed by atoms with Crippen LogP contribution in [-0.2, 0) is 20.0 Å². The smallest absolute Gasteiger partial charge is 0.243 e. The van der Waals surface area contributed by atoms with Gasteiger partial charge >= 0.3 is 0 Å². The minimum atomic E-state index is -3.86. The van der Waals surface area contributed by atoms with E-state index in [2.05, 4.69) is 9.88 Å². The Kier molecular flexibility index (Phi) is 6.82. The lowest BCUT2D eigenvalue weighted by molar-refractivity contribution is 0.0585. The molecule has 2 aromatic rings. The predicted molar refractivity (Wildman–Crippen MR) is 119 cm³/mol. The molecule has 0 amide bonds. The Labute approximate surface area is 189 Å². The van der Waals surface area contributed by atoms with Crippen LogP contribution in [0.4, 0.5) is 0 Å². The number of sulfonamides is 2. The molecule has 0 radical (unpaired) electrons. The van der Waals surface area contributed by atoms with Crippen LogP contribution in [0.1, 0.15) is 25.7 Å². The summed E-state index contributed by atoms with van der Waals surface area (Å²) in [7, 11) is -7.52. The monoisotopic (exact) mass is 480 g/mol. The van der Waals surface area contributed by atoms with Crippen molar-refractivity contribution < 1.29 is 21.6 Å². The van der Waals surface area contributed by atoms with Gasteiger partial charge in [0.25, 0.3) is 0 Å². The molecule has 2 saturated heterocycles. The summed E-state index contributed by atoms with van der Waals surface area (Å²) in [6, 6.07) is 9.15. The van der Waals surface area contributed by atoms with Crippen LogP contribution < -0.4 is 9.88 Å². The molecule has 1 aromatic carbocycles. The summed E-state index contributed by atoms with van der Waals surface area (Å²) in [5.41, 5.74) is 0. The highest BCUT2D eigenvalue weighted by Crippen LogP contribution is 2.27. The molecule has 2 aliphatic rings. The zero-order chi connectivity index (χ0) is 22.8. The zero-order valence-electron chi connectivity index (χ0n) is 17.7. The molecule has 0 aliphatic carbocycles. The van der Waals surface area contributed by atoms with E-state index in [1.807, 2.05) is 12.1 Å². The maximum atomic E-state index is 13.0. The van der Waals surface area contributed by atoms with E-state index in [-0.39, 0.29) is 15.9 Å². The second kappa shape index (κ2) is 9.44. The van der Waals surface area contributed by atoms with E-state index in [1.165, 1.54) is 28.6 Å². The maximum absolute atomic E-state index is 13.0. The van der Waals surface area contributed by atoms with Crippen LogP contribution in [0.5, 0.6) is 5.75 Å². The summed E-state index contributed by atoms with van der Waals surface area (Å²) in [4.78, 5) is 6.42. The molecular formula is C21H28N4O5S2. The summed E-state index contributed by atoms with van der Waals surface area (Å²) >= 11 is 0. The molecule has 1 aromatic heterocycles. The number of rotatable bonds is 6. The van der Waals surface area contributed by atoms with Gasteiger partial charge in [-0.1, -0.05) is 0 Å². The predicted octanol–water partition coefficient (Wildman–Crippen LogP) is 1.43. The van der Waals surface area contributed by atoms with Crippen molar-refractivity contribution >= 4 is 20.0 Å². The van der Waals surface area contributed by atoms with Gasteiger partial charge in [-0.15, -0.1) is 0 Å². The standard InChI is InChI=1S/C21H28N4O5S2/c22-31(26,27)20-1-3-21(4-2-20)32(28,29)25-15-7-17(8-16-25)24-13-9-19(10-14-24)30-18-5-11-23-12-6-18/h1-6,11-12,17,19H,7-10,13-16H2,(H2,22,26,27). The summed E-state index contributed by atoms with van der Waals surface area (Å²) < 4.78 is 56.2. The van der Waals surface area contributed by atoms with Crippen LogP contribution in [0, 0.1) is 0 Å². The highest BCUT2D eigenvalue weighted by Gasteiger charge is 2.33. The Morgan fingerprint density at radius 1 is 0.812 bits per heavy atom. The molecule has 9 nitrogen and oxygen atoms in total. The first-order valence-corrected chi connectivity index (χ1v) is 13.7. The number of piperidine rings is 2. The molecule has 0 bridgehead atoms. The third-order valence-electron chi connectivity index (χ3n) is 6.16. The first-order chi connectivity index (χ1) is 15.2. The minimum absolute atomic E-state index is 0.0809. The van der Waals surface area contributed by atoms with Crippen molar-refractivity contribution in [1.29, 1.82) is 0 Å². The average Bonchev–Trinajstić information content (AvgIpc) is 2.80. The number of pyridine rings is 1. The van der Waals surface area contributed by atoms with Crippen molar-refractivity contribution in [2.75, 3.05) is 26.2 Å². The van der Waals surface area contributed by atoms with E-state index in [0.29, 0.717) is 19.1 Å². The Bertz CT molecular complexity index is 1110. The first-order valence-electron chi connectivity index (χ1n) is 10.7. The van der Waals surface area contributed by atoms with Crippen LogP contribution in [0.25, 0.3) is 0 Å². The van der Waals surface area contributed by atoms with Crippen LogP contribution in [0.15, 0.2) is 58.6 Å². The number of nitrogens with two attached hydrogens (primary N) is 1. The molecule has 2 N–H and O–H groups in total. The molecule has 2 fully saturated rings. The van der Waals surface area contributed by atoms with Crippen molar-refractivity contribution in [2.24, 2.45) is 5.14 Å². The molecule has 4 rings (SSSR count). The SMILES string of the molecule is NS(=O)(=O)c1ccc(S(=O)(=O)N2CCC(N3CCC(Oc4ccncc4)CC3)CC2)cc1. The summed E-state index contributed by atoms with van der Waals surface area (Å²) in [5, 5.41) is 5.09. The van der Waals surface area contributed by atoms with Gasteiger partial charge in [0.15, 0.2) is 0 Å². The molecule has 0 unspecified atom stereocenters. The van der Waals surface area contributed by atoms with Gasteiger partial charge in [-0.25, -0.2) is 22.0 Å². The van der Waals surface area contributed by atoms with E-state index < -0.39 is 20.0 Å². The van der Waals surface area contributed by atoms with E-state index in [4.69, 9.17) is 9.88 Å². The molecule has 2 aliphatic heterocycles. The van der Waals surface area contributed by atoms with E-state index >= 15 is 0 Å². The van der Waals surface area contributed by atoms with Crippen LogP contribution in [0.3, 0.4) is 0 Å². The highest BCUT2D eigenvalue weighted by atomic mass is 32.2. The second-order valence-corrected chi connectivity index (χ2v) is 11.7. The van der Waals surface area contributed by atoms with Gasteiger partial charge in [-0.3, -0.25) is 4.98 Å². The summed E-state index contributed by atoms with van der Waals surface area (Å²) in [6.45, 7) is 2.75. The van der Waals surface area contributed by atoms with E-state index in [0.717, 1.165) is 44.5 Å². The molecule has 0 atom stereocenters. The lowest BCUT2D eigenvalue weighted by Crippen LogP contribution is -2.50. The number of hydrogen-bond acceptors (Lipinski definition) is 7. The Hall–Kier alpha value is -2.05. The van der Waals surface area contributed by atoms with Gasteiger partial charge in [0.05, 0.1) is 9.79 Å². The van der Waals surface area contributed by atoms with Crippen molar-refractivity contribution in [3.05, 3.63) is 48.8 Å². The van der Waals surface area contributed by atoms with Crippen molar-refractivity contribution in [2.45, 2.75) is 47.6 Å². The van der Waals surface area contributed by atoms with Crippen molar-refractivity contribution in [3.63, 3.8) is 0 Å². The number of hydrogen-bond donors (Lipinski definition) is 1. The number of nitrogens with zero attached hydrogens (tertiary/aromatic N) is 3. The van der Waals surface area contributed by atoms with Gasteiger partial charge in [-0.2, -0.15) is 4.31 Å². The number of primary sulfonamides is 1. The van der Waals surface area contributed by atoms with Gasteiger partial charge in [0.1, 0.15) is 11.9 Å². The first kappa shape index (κ1) is 23.1. The fraction of sp³-hybridized carbons (Fsp3) is 0.476. The molecule has 3 heterocycles. The molecule has 11 heteroatoms. The van der Waals surface area contributed by atoms with Crippen molar-refractivity contribution in [3.8, 4) is 5.75 Å². The van der Waals surface area contributed by atoms with E-state index in [1.54, 1.807) is 12.4 Å². The van der Waals surface area contributed by atoms with Crippen molar-refractivity contribution in [1.82, 2.24) is 14.2 Å². The highest BCUT2D eigenvalue weighted by molar-refractivity contribution is 7.89. The lowest BCUT2D eigenvalue weighted by Gasteiger charge is -2.41. The fourth-order valence-electron chi connectivity index (χ4n) is 4.37. The summed E-state index contributed by atoms with van der Waals surface area (Å²) in [6.07, 6.45) is 7.06. The van der Waals surface area contributed by atoms with Crippen LogP contribution in [0.2, 0.25) is 0 Å². The van der Waals surface area contributed by atoms with Gasteiger partial charge in [0.2, 0.25) is 20.0 Å². The third kappa shape index (κ3) is 5.29. The quantitative estimate of drug-likeness (QED) is 0.663. The molecule has 174 valence electrons. The number of likely N-dealkylation sites (tertiary alicyclic amines) is 1. The number of ether oxygens (including phenoxy) is 1. The third-order valence-corrected chi connectivity index (χ3v) is 9.00. The Morgan fingerprint density at radius 3 is 1.94 bits per heavy atom. The van der Waals surface area contributed by atoms with E-state index in [9.17, 15) is 16.8 Å². The summed E-state index contributed by atoms with van der Waals surface area (Å²) in [5.74, 6) is 0.842. The largest absolute Gasteiger partial charge is 0.490 e. The maximum Gasteiger partial charge on any atom is 0.243 e. The zero-order valence-corrected chi connectivity index (χ0v) is 19.3. The van der Waals surface area contributed by atoms with Crippen LogP contribution >= 0.6 is 0 Å². The molecule has 0 spiro atoms. The average molecular weight is 481 g/mol. The molecular weight excluding hydrogens is 452 g/mol. The van der Waals surface area contributed by atoms with Gasteiger partial charge in [0, 0.05) is 44.6 Å². The lowest BCUT2D eigenvalue weighted by atomic mass is 10.00. The fourth-order valence-corrected chi connectivity index (χ4v) is 6.35. The number of benzene rings is 1. The second-order valence-electron chi connectivity index (χ2n) is 8.19.